The maximum Gasteiger partial charge on any atom is 0.157 e. The van der Waals surface area contributed by atoms with E-state index in [1.807, 2.05) is 48.5 Å². The fraction of sp³-hybridized carbons (Fsp3) is 0.143. The van der Waals surface area contributed by atoms with Gasteiger partial charge in [-0.3, -0.25) is 0 Å². The minimum Gasteiger partial charge on any atom is -0.508 e. The van der Waals surface area contributed by atoms with E-state index in [4.69, 9.17) is 4.74 Å². The molecule has 3 N–H and O–H groups in total. The SMILES string of the molecule is Oc1ccc(CCc2cccc(Oc3cccc(CCc4ccc(O)c(O)c4)c3)c2)cc1. The Labute approximate surface area is 188 Å². The quantitative estimate of drug-likeness (QED) is 0.295. The van der Waals surface area contributed by atoms with Gasteiger partial charge in [0.2, 0.25) is 0 Å². The lowest BCUT2D eigenvalue weighted by Gasteiger charge is -2.10. The Hall–Kier alpha value is -3.92. The Balaban J connectivity index is 1.37. The maximum atomic E-state index is 9.66. The molecule has 4 aromatic rings. The van der Waals surface area contributed by atoms with Gasteiger partial charge in [0.1, 0.15) is 17.2 Å². The zero-order chi connectivity index (χ0) is 22.3. The van der Waals surface area contributed by atoms with E-state index in [-0.39, 0.29) is 17.2 Å². The number of rotatable bonds is 8. The Morgan fingerprint density at radius 3 is 1.53 bits per heavy atom. The molecule has 0 aliphatic carbocycles. The number of aromatic hydroxyl groups is 3. The van der Waals surface area contributed by atoms with Crippen LogP contribution in [0.15, 0.2) is 91.0 Å². The van der Waals surface area contributed by atoms with Crippen molar-refractivity contribution in [3.8, 4) is 28.7 Å². The summed E-state index contributed by atoms with van der Waals surface area (Å²) in [5.41, 5.74) is 4.48. The van der Waals surface area contributed by atoms with Crippen LogP contribution in [0.2, 0.25) is 0 Å². The van der Waals surface area contributed by atoms with E-state index in [1.165, 1.54) is 17.2 Å². The fourth-order valence-electron chi connectivity index (χ4n) is 3.63. The summed E-state index contributed by atoms with van der Waals surface area (Å²) in [6, 6.07) is 28.4. The molecule has 162 valence electrons. The smallest absolute Gasteiger partial charge is 0.157 e. The van der Waals surface area contributed by atoms with Crippen molar-refractivity contribution in [2.75, 3.05) is 0 Å². The second kappa shape index (κ2) is 9.92. The number of hydrogen-bond donors (Lipinski definition) is 3. The Morgan fingerprint density at radius 2 is 0.969 bits per heavy atom. The van der Waals surface area contributed by atoms with Crippen molar-refractivity contribution in [1.29, 1.82) is 0 Å². The van der Waals surface area contributed by atoms with Crippen molar-refractivity contribution in [1.82, 2.24) is 0 Å². The minimum absolute atomic E-state index is 0.0927. The van der Waals surface area contributed by atoms with Gasteiger partial charge in [0, 0.05) is 0 Å². The third kappa shape index (κ3) is 5.82. The molecule has 0 heterocycles. The molecule has 0 amide bonds. The van der Waals surface area contributed by atoms with Crippen LogP contribution < -0.4 is 4.74 Å². The van der Waals surface area contributed by atoms with Gasteiger partial charge < -0.3 is 20.1 Å². The van der Waals surface area contributed by atoms with Crippen LogP contribution in [-0.2, 0) is 25.7 Å². The zero-order valence-electron chi connectivity index (χ0n) is 17.7. The first-order valence-corrected chi connectivity index (χ1v) is 10.7. The van der Waals surface area contributed by atoms with Crippen LogP contribution in [0.4, 0.5) is 0 Å². The van der Waals surface area contributed by atoms with Gasteiger partial charge >= 0.3 is 0 Å². The van der Waals surface area contributed by atoms with Crippen LogP contribution in [0, 0.1) is 0 Å². The number of ether oxygens (including phenoxy) is 1. The van der Waals surface area contributed by atoms with Crippen molar-refractivity contribution < 1.29 is 20.1 Å². The summed E-state index contributed by atoms with van der Waals surface area (Å²) in [6.45, 7) is 0. The second-order valence-corrected chi connectivity index (χ2v) is 7.89. The number of benzene rings is 4. The summed E-state index contributed by atoms with van der Waals surface area (Å²) in [7, 11) is 0. The van der Waals surface area contributed by atoms with Crippen molar-refractivity contribution >= 4 is 0 Å². The minimum atomic E-state index is -0.102. The summed E-state index contributed by atoms with van der Waals surface area (Å²) in [6.07, 6.45) is 3.34. The maximum absolute atomic E-state index is 9.66. The molecule has 0 atom stereocenters. The van der Waals surface area contributed by atoms with Crippen molar-refractivity contribution in [2.45, 2.75) is 25.7 Å². The summed E-state index contributed by atoms with van der Waals surface area (Å²) < 4.78 is 6.11. The van der Waals surface area contributed by atoms with E-state index in [9.17, 15) is 15.3 Å². The van der Waals surface area contributed by atoms with E-state index in [1.54, 1.807) is 18.2 Å². The van der Waals surface area contributed by atoms with Gasteiger partial charge in [-0.2, -0.15) is 0 Å². The molecule has 0 fully saturated rings. The van der Waals surface area contributed by atoms with Crippen molar-refractivity contribution in [3.05, 3.63) is 113 Å². The van der Waals surface area contributed by atoms with Crippen LogP contribution in [0.5, 0.6) is 28.7 Å². The van der Waals surface area contributed by atoms with E-state index >= 15 is 0 Å². The van der Waals surface area contributed by atoms with Gasteiger partial charge in [0.15, 0.2) is 11.5 Å². The molecule has 0 radical (unpaired) electrons. The lowest BCUT2D eigenvalue weighted by atomic mass is 10.0. The summed E-state index contributed by atoms with van der Waals surface area (Å²) in [5.74, 6) is 1.67. The van der Waals surface area contributed by atoms with Crippen LogP contribution in [0.3, 0.4) is 0 Å². The molecule has 32 heavy (non-hydrogen) atoms. The number of aryl methyl sites for hydroxylation is 4. The summed E-state index contributed by atoms with van der Waals surface area (Å²) in [4.78, 5) is 0. The molecule has 0 aromatic heterocycles. The highest BCUT2D eigenvalue weighted by Crippen LogP contribution is 2.27. The third-order valence-corrected chi connectivity index (χ3v) is 5.41. The van der Waals surface area contributed by atoms with Gasteiger partial charge in [-0.25, -0.2) is 0 Å². The zero-order valence-corrected chi connectivity index (χ0v) is 17.7. The standard InChI is InChI=1S/C28H26O4/c29-24-14-11-20(12-15-24)7-8-21-3-1-5-25(17-21)32-26-6-2-4-22(18-26)9-10-23-13-16-27(30)28(31)19-23/h1-6,11-19,29-31H,7-10H2. The Kier molecular flexibility index (Phi) is 6.61. The lowest BCUT2D eigenvalue weighted by molar-refractivity contribution is 0.403. The Morgan fingerprint density at radius 1 is 0.469 bits per heavy atom. The van der Waals surface area contributed by atoms with Crippen LogP contribution >= 0.6 is 0 Å². The molecular formula is C28H26O4. The molecule has 0 bridgehead atoms. The number of phenolic OH excluding ortho intramolecular Hbond substituents is 3. The van der Waals surface area contributed by atoms with E-state index in [2.05, 4.69) is 18.2 Å². The van der Waals surface area contributed by atoms with Gasteiger partial charge in [-0.05, 0) is 96.5 Å². The highest BCUT2D eigenvalue weighted by atomic mass is 16.5. The predicted octanol–water partition coefficient (Wildman–Crippen LogP) is 6.17. The van der Waals surface area contributed by atoms with Gasteiger partial charge in [-0.1, -0.05) is 42.5 Å². The molecule has 0 saturated heterocycles. The van der Waals surface area contributed by atoms with E-state index in [0.717, 1.165) is 48.3 Å². The summed E-state index contributed by atoms with van der Waals surface area (Å²) >= 11 is 0. The second-order valence-electron chi connectivity index (χ2n) is 7.89. The topological polar surface area (TPSA) is 69.9 Å². The van der Waals surface area contributed by atoms with Crippen LogP contribution in [0.25, 0.3) is 0 Å². The molecule has 0 spiro atoms. The molecule has 0 aliphatic rings. The third-order valence-electron chi connectivity index (χ3n) is 5.41. The highest BCUT2D eigenvalue weighted by Gasteiger charge is 2.04. The van der Waals surface area contributed by atoms with Gasteiger partial charge in [-0.15, -0.1) is 0 Å². The predicted molar refractivity (Wildman–Crippen MR) is 126 cm³/mol. The van der Waals surface area contributed by atoms with Gasteiger partial charge in [0.05, 0.1) is 0 Å². The molecule has 4 nitrogen and oxygen atoms in total. The normalized spacial score (nSPS) is 10.8. The summed E-state index contributed by atoms with van der Waals surface area (Å²) in [5, 5.41) is 28.5. The molecule has 4 rings (SSSR count). The van der Waals surface area contributed by atoms with Crippen LogP contribution in [0.1, 0.15) is 22.3 Å². The fourth-order valence-corrected chi connectivity index (χ4v) is 3.63. The first-order valence-electron chi connectivity index (χ1n) is 10.7. The molecule has 0 saturated carbocycles. The largest absolute Gasteiger partial charge is 0.508 e. The van der Waals surface area contributed by atoms with E-state index in [0.29, 0.717) is 0 Å². The first kappa shape index (κ1) is 21.3. The molecule has 4 aromatic carbocycles. The first-order chi connectivity index (χ1) is 15.5. The average molecular weight is 427 g/mol. The Bertz CT molecular complexity index is 1180. The van der Waals surface area contributed by atoms with E-state index < -0.39 is 0 Å². The van der Waals surface area contributed by atoms with Crippen LogP contribution in [-0.4, -0.2) is 15.3 Å². The molecule has 4 heteroatoms. The van der Waals surface area contributed by atoms with Gasteiger partial charge in [0.25, 0.3) is 0 Å². The molecule has 0 aliphatic heterocycles. The monoisotopic (exact) mass is 426 g/mol. The highest BCUT2D eigenvalue weighted by molar-refractivity contribution is 5.41. The molecular weight excluding hydrogens is 400 g/mol. The number of phenols is 3. The lowest BCUT2D eigenvalue weighted by Crippen LogP contribution is -1.94. The van der Waals surface area contributed by atoms with Crippen molar-refractivity contribution in [3.63, 3.8) is 0 Å². The molecule has 0 unspecified atom stereocenters. The number of hydrogen-bond acceptors (Lipinski definition) is 4. The van der Waals surface area contributed by atoms with Crippen molar-refractivity contribution in [2.24, 2.45) is 0 Å². The average Bonchev–Trinajstić information content (AvgIpc) is 2.80.